The highest BCUT2D eigenvalue weighted by atomic mass is 35.5. The smallest absolute Gasteiger partial charge is 0.226 e. The highest BCUT2D eigenvalue weighted by Gasteiger charge is 2.38. The first kappa shape index (κ1) is 17.3. The monoisotopic (exact) mass is 322 g/mol. The van der Waals surface area contributed by atoms with E-state index in [4.69, 9.17) is 5.73 Å². The number of carbonyl (C=O) groups excluding carboxylic acids is 1. The van der Waals surface area contributed by atoms with E-state index in [9.17, 15) is 4.79 Å². The van der Waals surface area contributed by atoms with E-state index in [0.717, 1.165) is 32.2 Å². The van der Waals surface area contributed by atoms with Gasteiger partial charge < -0.3 is 10.6 Å². The predicted octanol–water partition coefficient (Wildman–Crippen LogP) is 3.25. The molecular weight excluding hydrogens is 296 g/mol. The van der Waals surface area contributed by atoms with Gasteiger partial charge in [0.15, 0.2) is 0 Å². The first-order valence-electron chi connectivity index (χ1n) is 8.18. The zero-order valence-corrected chi connectivity index (χ0v) is 14.3. The second-order valence-corrected chi connectivity index (χ2v) is 6.90. The molecule has 1 aliphatic heterocycles. The maximum Gasteiger partial charge on any atom is 0.226 e. The molecule has 122 valence electrons. The fraction of sp³-hybridized carbons (Fsp3) is 0.611. The first-order valence-corrected chi connectivity index (χ1v) is 8.18. The normalized spacial score (nSPS) is 31.1. The van der Waals surface area contributed by atoms with E-state index in [-0.39, 0.29) is 24.4 Å². The molecule has 2 fully saturated rings. The van der Waals surface area contributed by atoms with Crippen LogP contribution in [0.25, 0.3) is 0 Å². The largest absolute Gasteiger partial charge is 0.339 e. The molecule has 4 unspecified atom stereocenters. The first-order chi connectivity index (χ1) is 10.1. The Bertz CT molecular complexity index is 534. The molecule has 0 bridgehead atoms. The number of benzene rings is 1. The van der Waals surface area contributed by atoms with E-state index in [2.05, 4.69) is 43.0 Å². The predicted molar refractivity (Wildman–Crippen MR) is 92.3 cm³/mol. The summed E-state index contributed by atoms with van der Waals surface area (Å²) < 4.78 is 0. The molecule has 2 aliphatic rings. The third kappa shape index (κ3) is 3.31. The van der Waals surface area contributed by atoms with Crippen molar-refractivity contribution in [2.45, 2.75) is 57.5 Å². The zero-order chi connectivity index (χ0) is 15.0. The fourth-order valence-corrected chi connectivity index (χ4v) is 4.08. The van der Waals surface area contributed by atoms with Crippen LogP contribution in [-0.2, 0) is 4.79 Å². The molecule has 22 heavy (non-hydrogen) atoms. The van der Waals surface area contributed by atoms with Crippen LogP contribution in [0.2, 0.25) is 0 Å². The van der Waals surface area contributed by atoms with E-state index in [0.29, 0.717) is 17.9 Å². The van der Waals surface area contributed by atoms with Gasteiger partial charge in [0.1, 0.15) is 0 Å². The van der Waals surface area contributed by atoms with Gasteiger partial charge in [-0.05, 0) is 50.7 Å². The lowest BCUT2D eigenvalue weighted by Gasteiger charge is -2.25. The number of aryl methyl sites for hydroxylation is 1. The van der Waals surface area contributed by atoms with Crippen LogP contribution in [0.4, 0.5) is 0 Å². The second kappa shape index (κ2) is 7.01. The summed E-state index contributed by atoms with van der Waals surface area (Å²) >= 11 is 0. The summed E-state index contributed by atoms with van der Waals surface area (Å²) in [6.07, 6.45) is 3.92. The van der Waals surface area contributed by atoms with Crippen LogP contribution < -0.4 is 5.73 Å². The molecule has 1 amide bonds. The Hall–Kier alpha value is -1.06. The Kier molecular flexibility index (Phi) is 5.51. The number of rotatable bonds is 2. The summed E-state index contributed by atoms with van der Waals surface area (Å²) in [7, 11) is 0. The third-order valence-electron chi connectivity index (χ3n) is 5.31. The molecule has 2 N–H and O–H groups in total. The number of hydrogen-bond donors (Lipinski definition) is 1. The number of amides is 1. The van der Waals surface area contributed by atoms with E-state index in [1.165, 1.54) is 11.1 Å². The summed E-state index contributed by atoms with van der Waals surface area (Å²) in [4.78, 5) is 14.8. The van der Waals surface area contributed by atoms with Gasteiger partial charge in [0, 0.05) is 30.5 Å². The Labute approximate surface area is 139 Å². The maximum atomic E-state index is 12.7. The Morgan fingerprint density at radius 3 is 2.59 bits per heavy atom. The van der Waals surface area contributed by atoms with Crippen molar-refractivity contribution in [2.75, 3.05) is 6.54 Å². The number of halogens is 1. The van der Waals surface area contributed by atoms with Gasteiger partial charge in [0.05, 0.1) is 0 Å². The van der Waals surface area contributed by atoms with E-state index < -0.39 is 0 Å². The van der Waals surface area contributed by atoms with Crippen molar-refractivity contribution < 1.29 is 4.79 Å². The number of carbonyl (C=O) groups is 1. The summed E-state index contributed by atoms with van der Waals surface area (Å²) in [5, 5.41) is 0. The minimum absolute atomic E-state index is 0. The molecule has 4 heteroatoms. The lowest BCUT2D eigenvalue weighted by Crippen LogP contribution is -2.38. The lowest BCUT2D eigenvalue weighted by molar-refractivity contribution is -0.135. The number of likely N-dealkylation sites (tertiary alicyclic amines) is 1. The number of hydrogen-bond acceptors (Lipinski definition) is 2. The molecule has 1 aliphatic carbocycles. The molecule has 1 saturated carbocycles. The van der Waals surface area contributed by atoms with Crippen molar-refractivity contribution >= 4 is 18.3 Å². The Balaban J connectivity index is 0.00000176. The van der Waals surface area contributed by atoms with Crippen LogP contribution in [0.15, 0.2) is 24.3 Å². The van der Waals surface area contributed by atoms with Gasteiger partial charge in [-0.1, -0.05) is 24.3 Å². The van der Waals surface area contributed by atoms with Gasteiger partial charge in [-0.25, -0.2) is 0 Å². The van der Waals surface area contributed by atoms with Gasteiger partial charge in [0.25, 0.3) is 0 Å². The summed E-state index contributed by atoms with van der Waals surface area (Å²) in [5.74, 6) is 0.991. The Morgan fingerprint density at radius 1 is 1.23 bits per heavy atom. The average molecular weight is 323 g/mol. The topological polar surface area (TPSA) is 46.3 Å². The SMILES string of the molecule is Cc1ccccc1C1CC(C)N(C(=O)C2CCC(N)C2)C1.Cl. The van der Waals surface area contributed by atoms with Crippen molar-refractivity contribution in [3.05, 3.63) is 35.4 Å². The second-order valence-electron chi connectivity index (χ2n) is 6.90. The van der Waals surface area contributed by atoms with E-state index in [1.807, 2.05) is 0 Å². The van der Waals surface area contributed by atoms with Crippen molar-refractivity contribution in [1.29, 1.82) is 0 Å². The quantitative estimate of drug-likeness (QED) is 0.908. The van der Waals surface area contributed by atoms with Gasteiger partial charge in [0.2, 0.25) is 5.91 Å². The molecule has 4 atom stereocenters. The summed E-state index contributed by atoms with van der Waals surface area (Å²) in [6.45, 7) is 5.22. The standard InChI is InChI=1S/C18H26N2O.ClH/c1-12-5-3-4-6-17(12)15-9-13(2)20(11-15)18(21)14-7-8-16(19)10-14;/h3-6,13-16H,7-11,19H2,1-2H3;1H. The molecule has 3 nitrogen and oxygen atoms in total. The summed E-state index contributed by atoms with van der Waals surface area (Å²) in [5.41, 5.74) is 8.71. The van der Waals surface area contributed by atoms with Gasteiger partial charge in [-0.15, -0.1) is 12.4 Å². The fourth-order valence-electron chi connectivity index (χ4n) is 4.08. The van der Waals surface area contributed by atoms with Crippen molar-refractivity contribution in [2.24, 2.45) is 11.7 Å². The van der Waals surface area contributed by atoms with E-state index >= 15 is 0 Å². The third-order valence-corrected chi connectivity index (χ3v) is 5.31. The molecular formula is C18H27ClN2O. The molecule has 0 radical (unpaired) electrons. The van der Waals surface area contributed by atoms with Gasteiger partial charge in [-0.2, -0.15) is 0 Å². The molecule has 1 aromatic carbocycles. The van der Waals surface area contributed by atoms with Crippen LogP contribution >= 0.6 is 12.4 Å². The number of nitrogens with zero attached hydrogens (tertiary/aromatic N) is 1. The van der Waals surface area contributed by atoms with E-state index in [1.54, 1.807) is 0 Å². The molecule has 0 aromatic heterocycles. The highest BCUT2D eigenvalue weighted by Crippen LogP contribution is 2.36. The molecule has 1 heterocycles. The average Bonchev–Trinajstić information content (AvgIpc) is 3.05. The minimum atomic E-state index is 0. The molecule has 3 rings (SSSR count). The zero-order valence-electron chi connectivity index (χ0n) is 13.5. The highest BCUT2D eigenvalue weighted by molar-refractivity contribution is 5.85. The van der Waals surface area contributed by atoms with Crippen molar-refractivity contribution in [3.63, 3.8) is 0 Å². The minimum Gasteiger partial charge on any atom is -0.339 e. The van der Waals surface area contributed by atoms with Crippen LogP contribution in [-0.4, -0.2) is 29.4 Å². The van der Waals surface area contributed by atoms with Crippen LogP contribution in [0.1, 0.15) is 49.7 Å². The van der Waals surface area contributed by atoms with Crippen LogP contribution in [0.5, 0.6) is 0 Å². The number of nitrogens with two attached hydrogens (primary N) is 1. The summed E-state index contributed by atoms with van der Waals surface area (Å²) in [6, 6.07) is 9.14. The molecule has 1 aromatic rings. The van der Waals surface area contributed by atoms with Crippen LogP contribution in [0.3, 0.4) is 0 Å². The van der Waals surface area contributed by atoms with Crippen LogP contribution in [0, 0.1) is 12.8 Å². The van der Waals surface area contributed by atoms with Crippen molar-refractivity contribution in [1.82, 2.24) is 4.90 Å². The van der Waals surface area contributed by atoms with Crippen molar-refractivity contribution in [3.8, 4) is 0 Å². The maximum absolute atomic E-state index is 12.7. The molecule has 0 spiro atoms. The van der Waals surface area contributed by atoms with Gasteiger partial charge in [-0.3, -0.25) is 4.79 Å². The lowest BCUT2D eigenvalue weighted by atomic mass is 9.93. The van der Waals surface area contributed by atoms with Gasteiger partial charge >= 0.3 is 0 Å². The Morgan fingerprint density at radius 2 is 1.95 bits per heavy atom. The molecule has 1 saturated heterocycles.